The largest absolute Gasteiger partial charge is 0.480 e. The van der Waals surface area contributed by atoms with Crippen molar-refractivity contribution in [1.82, 2.24) is 0 Å². The van der Waals surface area contributed by atoms with E-state index in [1.54, 1.807) is 20.8 Å². The molecule has 0 saturated heterocycles. The molecule has 0 radical (unpaired) electrons. The fraction of sp³-hybridized carbons (Fsp3) is 0.750. The van der Waals surface area contributed by atoms with Gasteiger partial charge >= 0.3 is 5.97 Å². The van der Waals surface area contributed by atoms with Crippen LogP contribution in [0.4, 0.5) is 0 Å². The minimum Gasteiger partial charge on any atom is -0.480 e. The highest BCUT2D eigenvalue weighted by molar-refractivity contribution is 8.02. The molecule has 0 aromatic rings. The molecule has 3 N–H and O–H groups in total. The molecule has 0 aromatic heterocycles. The van der Waals surface area contributed by atoms with Crippen LogP contribution in [0.2, 0.25) is 0 Å². The molecule has 0 rings (SSSR count). The Hall–Kier alpha value is -0.710. The molecule has 0 saturated carbocycles. The first-order valence-electron chi connectivity index (χ1n) is 4.01. The standard InChI is InChI=1S/C8H15NO3S/c1-4-5(6(9)10)13-8(2,3)7(11)12/h5H,4H2,1-3H3,(H2,9,10)(H,11,12). The summed E-state index contributed by atoms with van der Waals surface area (Å²) in [6.45, 7) is 4.93. The highest BCUT2D eigenvalue weighted by Crippen LogP contribution is 2.30. The number of hydrogen-bond acceptors (Lipinski definition) is 3. The summed E-state index contributed by atoms with van der Waals surface area (Å²) in [5.41, 5.74) is 5.10. The van der Waals surface area contributed by atoms with Crippen molar-refractivity contribution in [2.24, 2.45) is 5.73 Å². The topological polar surface area (TPSA) is 80.4 Å². The van der Waals surface area contributed by atoms with E-state index in [0.29, 0.717) is 6.42 Å². The van der Waals surface area contributed by atoms with Crippen LogP contribution in [0.3, 0.4) is 0 Å². The van der Waals surface area contributed by atoms with Crippen molar-refractivity contribution in [1.29, 1.82) is 0 Å². The summed E-state index contributed by atoms with van der Waals surface area (Å²) in [6, 6.07) is 0. The number of nitrogens with two attached hydrogens (primary N) is 1. The fourth-order valence-corrected chi connectivity index (χ4v) is 1.84. The summed E-state index contributed by atoms with van der Waals surface area (Å²) < 4.78 is -0.963. The first kappa shape index (κ1) is 12.3. The average molecular weight is 205 g/mol. The van der Waals surface area contributed by atoms with Crippen molar-refractivity contribution in [2.45, 2.75) is 37.2 Å². The van der Waals surface area contributed by atoms with E-state index in [-0.39, 0.29) is 0 Å². The van der Waals surface area contributed by atoms with Crippen molar-refractivity contribution in [3.63, 3.8) is 0 Å². The second-order valence-corrected chi connectivity index (χ2v) is 5.06. The van der Waals surface area contributed by atoms with Gasteiger partial charge in [-0.25, -0.2) is 0 Å². The van der Waals surface area contributed by atoms with E-state index >= 15 is 0 Å². The molecule has 0 heterocycles. The van der Waals surface area contributed by atoms with E-state index < -0.39 is 21.9 Å². The van der Waals surface area contributed by atoms with Crippen LogP contribution >= 0.6 is 11.8 Å². The maximum absolute atomic E-state index is 10.8. The van der Waals surface area contributed by atoms with Crippen molar-refractivity contribution >= 4 is 23.6 Å². The molecule has 0 aliphatic rings. The van der Waals surface area contributed by atoms with Crippen LogP contribution in [0.5, 0.6) is 0 Å². The summed E-state index contributed by atoms with van der Waals surface area (Å²) >= 11 is 1.09. The molecule has 0 aliphatic carbocycles. The van der Waals surface area contributed by atoms with E-state index in [1.165, 1.54) is 0 Å². The minimum absolute atomic E-state index is 0.425. The van der Waals surface area contributed by atoms with E-state index in [4.69, 9.17) is 10.8 Å². The molecule has 76 valence electrons. The van der Waals surface area contributed by atoms with Crippen molar-refractivity contribution in [2.75, 3.05) is 0 Å². The highest BCUT2D eigenvalue weighted by Gasteiger charge is 2.32. The van der Waals surface area contributed by atoms with Gasteiger partial charge < -0.3 is 10.8 Å². The molecule has 4 nitrogen and oxygen atoms in total. The molecule has 0 fully saturated rings. The van der Waals surface area contributed by atoms with Crippen LogP contribution in [0.15, 0.2) is 0 Å². The van der Waals surface area contributed by atoms with Gasteiger partial charge in [0.1, 0.15) is 4.75 Å². The van der Waals surface area contributed by atoms with Gasteiger partial charge in [0, 0.05) is 0 Å². The number of rotatable bonds is 5. The zero-order valence-electron chi connectivity index (χ0n) is 8.03. The van der Waals surface area contributed by atoms with E-state index in [1.807, 2.05) is 0 Å². The molecule has 5 heteroatoms. The zero-order valence-corrected chi connectivity index (χ0v) is 8.85. The monoisotopic (exact) mass is 205 g/mol. The van der Waals surface area contributed by atoms with Crippen LogP contribution in [-0.2, 0) is 9.59 Å². The average Bonchev–Trinajstić information content (AvgIpc) is 1.99. The number of hydrogen-bond donors (Lipinski definition) is 2. The van der Waals surface area contributed by atoms with E-state index in [9.17, 15) is 9.59 Å². The fourth-order valence-electron chi connectivity index (χ4n) is 0.749. The lowest BCUT2D eigenvalue weighted by Gasteiger charge is -2.22. The molecular formula is C8H15NO3S. The number of carbonyl (C=O) groups is 2. The van der Waals surface area contributed by atoms with Crippen LogP contribution < -0.4 is 5.73 Å². The molecule has 1 unspecified atom stereocenters. The Balaban J connectivity index is 4.39. The second kappa shape index (κ2) is 4.50. The predicted molar refractivity (Wildman–Crippen MR) is 52.6 cm³/mol. The number of thioether (sulfide) groups is 1. The number of carboxylic acid groups (broad SMARTS) is 1. The van der Waals surface area contributed by atoms with Gasteiger partial charge in [-0.05, 0) is 20.3 Å². The summed E-state index contributed by atoms with van der Waals surface area (Å²) in [5.74, 6) is -1.39. The van der Waals surface area contributed by atoms with Gasteiger partial charge in [-0.15, -0.1) is 11.8 Å². The lowest BCUT2D eigenvalue weighted by atomic mass is 10.2. The van der Waals surface area contributed by atoms with Crippen LogP contribution in [0.25, 0.3) is 0 Å². The first-order chi connectivity index (χ1) is 5.81. The smallest absolute Gasteiger partial charge is 0.319 e. The Kier molecular flexibility index (Phi) is 4.26. The SMILES string of the molecule is CCC(SC(C)(C)C(=O)O)C(N)=O. The van der Waals surface area contributed by atoms with Gasteiger partial charge in [0.2, 0.25) is 5.91 Å². The summed E-state index contributed by atoms with van der Waals surface area (Å²) in [6.07, 6.45) is 0.552. The quantitative estimate of drug-likeness (QED) is 0.697. The Bertz CT molecular complexity index is 215. The number of carbonyl (C=O) groups excluding carboxylic acids is 1. The number of amides is 1. The maximum atomic E-state index is 10.8. The summed E-state index contributed by atoms with van der Waals surface area (Å²) in [4.78, 5) is 21.6. The van der Waals surface area contributed by atoms with E-state index in [0.717, 1.165) is 11.8 Å². The number of carboxylic acids is 1. The maximum Gasteiger partial charge on any atom is 0.319 e. The zero-order chi connectivity index (χ0) is 10.6. The van der Waals surface area contributed by atoms with Crippen molar-refractivity contribution < 1.29 is 14.7 Å². The third-order valence-corrected chi connectivity index (χ3v) is 3.25. The van der Waals surface area contributed by atoms with E-state index in [2.05, 4.69) is 0 Å². The van der Waals surface area contributed by atoms with Gasteiger partial charge in [0.05, 0.1) is 5.25 Å². The summed E-state index contributed by atoms with van der Waals surface area (Å²) in [5, 5.41) is 8.37. The molecule has 0 bridgehead atoms. The molecular weight excluding hydrogens is 190 g/mol. The van der Waals surface area contributed by atoms with Gasteiger partial charge in [0.15, 0.2) is 0 Å². The number of primary amides is 1. The van der Waals surface area contributed by atoms with Gasteiger partial charge in [0.25, 0.3) is 0 Å². The second-order valence-electron chi connectivity index (χ2n) is 3.23. The predicted octanol–water partition coefficient (Wildman–Crippen LogP) is 0.847. The Labute approximate surface area is 81.9 Å². The van der Waals surface area contributed by atoms with Crippen LogP contribution in [0.1, 0.15) is 27.2 Å². The minimum atomic E-state index is -0.963. The van der Waals surface area contributed by atoms with Gasteiger partial charge in [-0.2, -0.15) is 0 Å². The molecule has 0 aromatic carbocycles. The molecule has 0 aliphatic heterocycles. The Morgan fingerprint density at radius 1 is 1.54 bits per heavy atom. The Morgan fingerprint density at radius 2 is 2.00 bits per heavy atom. The number of aliphatic carboxylic acids is 1. The first-order valence-corrected chi connectivity index (χ1v) is 4.89. The normalized spacial score (nSPS) is 13.8. The van der Waals surface area contributed by atoms with Crippen LogP contribution in [0, 0.1) is 0 Å². The van der Waals surface area contributed by atoms with Crippen molar-refractivity contribution in [3.05, 3.63) is 0 Å². The molecule has 13 heavy (non-hydrogen) atoms. The third-order valence-electron chi connectivity index (χ3n) is 1.64. The van der Waals surface area contributed by atoms with Gasteiger partial charge in [-0.1, -0.05) is 6.92 Å². The lowest BCUT2D eigenvalue weighted by Crippen LogP contribution is -2.35. The molecule has 1 amide bonds. The van der Waals surface area contributed by atoms with Gasteiger partial charge in [-0.3, -0.25) is 9.59 Å². The third kappa shape index (κ3) is 3.67. The molecule has 1 atom stereocenters. The van der Waals surface area contributed by atoms with Crippen molar-refractivity contribution in [3.8, 4) is 0 Å². The molecule has 0 spiro atoms. The lowest BCUT2D eigenvalue weighted by molar-refractivity contribution is -0.138. The summed E-state index contributed by atoms with van der Waals surface area (Å²) in [7, 11) is 0. The van der Waals surface area contributed by atoms with Crippen LogP contribution in [-0.4, -0.2) is 27.0 Å². The Morgan fingerprint density at radius 3 is 2.23 bits per heavy atom. The highest BCUT2D eigenvalue weighted by atomic mass is 32.2.